The van der Waals surface area contributed by atoms with Gasteiger partial charge in [-0.1, -0.05) is 17.3 Å². The Hall–Kier alpha value is -1.92. The maximum absolute atomic E-state index is 5.59. The third-order valence-corrected chi connectivity index (χ3v) is 3.37. The standard InChI is InChI=1S/C14H17N3O3/c1-9-12(15-7-8-19-9)14-16-13(17-20-14)10-5-3-4-6-11(10)18-2/h3-6,9,12,15H,7-8H2,1-2H3/t9-,12+/m1/s1. The zero-order valence-corrected chi connectivity index (χ0v) is 11.5. The van der Waals surface area contributed by atoms with Crippen LogP contribution in [-0.4, -0.2) is 36.5 Å². The van der Waals surface area contributed by atoms with Gasteiger partial charge >= 0.3 is 0 Å². The number of rotatable bonds is 3. The van der Waals surface area contributed by atoms with E-state index in [0.29, 0.717) is 18.3 Å². The molecule has 106 valence electrons. The maximum Gasteiger partial charge on any atom is 0.246 e. The second kappa shape index (κ2) is 5.60. The van der Waals surface area contributed by atoms with Crippen molar-refractivity contribution in [3.05, 3.63) is 30.2 Å². The monoisotopic (exact) mass is 275 g/mol. The highest BCUT2D eigenvalue weighted by atomic mass is 16.5. The van der Waals surface area contributed by atoms with Gasteiger partial charge in [-0.25, -0.2) is 0 Å². The molecule has 0 saturated carbocycles. The highest BCUT2D eigenvalue weighted by Gasteiger charge is 2.28. The van der Waals surface area contributed by atoms with Crippen molar-refractivity contribution >= 4 is 0 Å². The Morgan fingerprint density at radius 3 is 3.00 bits per heavy atom. The minimum Gasteiger partial charge on any atom is -0.496 e. The summed E-state index contributed by atoms with van der Waals surface area (Å²) in [5, 5.41) is 7.37. The molecule has 1 aromatic carbocycles. The highest BCUT2D eigenvalue weighted by molar-refractivity contribution is 5.63. The molecule has 0 amide bonds. The average Bonchev–Trinajstić information content (AvgIpc) is 2.97. The van der Waals surface area contributed by atoms with Crippen molar-refractivity contribution in [1.82, 2.24) is 15.5 Å². The number of morpholine rings is 1. The van der Waals surface area contributed by atoms with E-state index < -0.39 is 0 Å². The molecule has 0 unspecified atom stereocenters. The number of hydrogen-bond acceptors (Lipinski definition) is 6. The van der Waals surface area contributed by atoms with Crippen LogP contribution in [0.2, 0.25) is 0 Å². The molecule has 1 saturated heterocycles. The second-order valence-corrected chi connectivity index (χ2v) is 4.66. The van der Waals surface area contributed by atoms with Crippen molar-refractivity contribution in [3.8, 4) is 17.1 Å². The van der Waals surface area contributed by atoms with Crippen molar-refractivity contribution in [2.75, 3.05) is 20.3 Å². The molecule has 1 fully saturated rings. The van der Waals surface area contributed by atoms with Gasteiger partial charge in [-0.3, -0.25) is 0 Å². The van der Waals surface area contributed by atoms with Crippen LogP contribution in [0.4, 0.5) is 0 Å². The number of hydrogen-bond donors (Lipinski definition) is 1. The predicted octanol–water partition coefficient (Wildman–Crippen LogP) is 1.79. The largest absolute Gasteiger partial charge is 0.496 e. The first-order chi connectivity index (χ1) is 9.79. The van der Waals surface area contributed by atoms with Gasteiger partial charge in [0.05, 0.1) is 25.4 Å². The minimum atomic E-state index is -0.0697. The molecule has 1 aliphatic rings. The van der Waals surface area contributed by atoms with Crippen molar-refractivity contribution in [2.45, 2.75) is 19.1 Å². The Morgan fingerprint density at radius 1 is 1.35 bits per heavy atom. The van der Waals surface area contributed by atoms with Gasteiger partial charge < -0.3 is 19.3 Å². The lowest BCUT2D eigenvalue weighted by Gasteiger charge is -2.27. The molecular weight excluding hydrogens is 258 g/mol. The number of aromatic nitrogens is 2. The van der Waals surface area contributed by atoms with Crippen LogP contribution in [0, 0.1) is 0 Å². The molecule has 1 N–H and O–H groups in total. The van der Waals surface area contributed by atoms with E-state index in [1.54, 1.807) is 7.11 Å². The van der Waals surface area contributed by atoms with Crippen LogP contribution in [0.1, 0.15) is 18.9 Å². The first-order valence-corrected chi connectivity index (χ1v) is 6.61. The minimum absolute atomic E-state index is 0.00900. The second-order valence-electron chi connectivity index (χ2n) is 4.66. The van der Waals surface area contributed by atoms with E-state index >= 15 is 0 Å². The molecular formula is C14H17N3O3. The number of benzene rings is 1. The highest BCUT2D eigenvalue weighted by Crippen LogP contribution is 2.29. The number of nitrogens with one attached hydrogen (secondary N) is 1. The summed E-state index contributed by atoms with van der Waals surface area (Å²) in [5.41, 5.74) is 0.814. The van der Waals surface area contributed by atoms with Gasteiger partial charge in [-0.05, 0) is 19.1 Å². The van der Waals surface area contributed by atoms with Gasteiger partial charge in [0.25, 0.3) is 0 Å². The predicted molar refractivity (Wildman–Crippen MR) is 72.4 cm³/mol. The van der Waals surface area contributed by atoms with Gasteiger partial charge in [0.2, 0.25) is 11.7 Å². The van der Waals surface area contributed by atoms with Gasteiger partial charge in [0, 0.05) is 6.54 Å². The molecule has 0 bridgehead atoms. The zero-order valence-electron chi connectivity index (χ0n) is 11.5. The molecule has 2 aromatic rings. The quantitative estimate of drug-likeness (QED) is 0.921. The van der Waals surface area contributed by atoms with Gasteiger partial charge in [0.1, 0.15) is 11.8 Å². The molecule has 3 rings (SSSR count). The summed E-state index contributed by atoms with van der Waals surface area (Å²) >= 11 is 0. The normalized spacial score (nSPS) is 22.7. The van der Waals surface area contributed by atoms with Crippen molar-refractivity contribution in [3.63, 3.8) is 0 Å². The fraction of sp³-hybridized carbons (Fsp3) is 0.429. The van der Waals surface area contributed by atoms with Gasteiger partial charge in [0.15, 0.2) is 0 Å². The summed E-state index contributed by atoms with van der Waals surface area (Å²) in [7, 11) is 1.62. The van der Waals surface area contributed by atoms with E-state index in [0.717, 1.165) is 17.9 Å². The number of nitrogens with zero attached hydrogens (tertiary/aromatic N) is 2. The lowest BCUT2D eigenvalue weighted by molar-refractivity contribution is -0.00136. The fourth-order valence-corrected chi connectivity index (χ4v) is 2.31. The molecule has 2 atom stereocenters. The summed E-state index contributed by atoms with van der Waals surface area (Å²) in [6.45, 7) is 3.47. The number of ether oxygens (including phenoxy) is 2. The van der Waals surface area contributed by atoms with Crippen LogP contribution < -0.4 is 10.1 Å². The third kappa shape index (κ3) is 2.39. The molecule has 0 spiro atoms. The number of methoxy groups -OCH3 is 1. The van der Waals surface area contributed by atoms with Crippen molar-refractivity contribution < 1.29 is 14.0 Å². The molecule has 1 aliphatic heterocycles. The van der Waals surface area contributed by atoms with E-state index in [-0.39, 0.29) is 12.1 Å². The Kier molecular flexibility index (Phi) is 3.66. The first-order valence-electron chi connectivity index (χ1n) is 6.61. The number of para-hydroxylation sites is 1. The molecule has 6 nitrogen and oxygen atoms in total. The lowest BCUT2D eigenvalue weighted by atomic mass is 10.1. The van der Waals surface area contributed by atoms with Crippen LogP contribution in [-0.2, 0) is 4.74 Å². The molecule has 0 aliphatic carbocycles. The van der Waals surface area contributed by atoms with E-state index in [2.05, 4.69) is 15.5 Å². The lowest BCUT2D eigenvalue weighted by Crippen LogP contribution is -2.40. The topological polar surface area (TPSA) is 69.4 Å². The van der Waals surface area contributed by atoms with Gasteiger partial charge in [-0.15, -0.1) is 0 Å². The van der Waals surface area contributed by atoms with E-state index in [1.165, 1.54) is 0 Å². The van der Waals surface area contributed by atoms with Crippen LogP contribution in [0.25, 0.3) is 11.4 Å². The zero-order chi connectivity index (χ0) is 13.9. The van der Waals surface area contributed by atoms with E-state index in [1.807, 2.05) is 31.2 Å². The molecule has 20 heavy (non-hydrogen) atoms. The molecule has 0 radical (unpaired) electrons. The summed E-state index contributed by atoms with van der Waals surface area (Å²) < 4.78 is 16.3. The Bertz CT molecular complexity index is 585. The van der Waals surface area contributed by atoms with Crippen molar-refractivity contribution in [1.29, 1.82) is 0 Å². The summed E-state index contributed by atoms with van der Waals surface area (Å²) in [4.78, 5) is 4.46. The Labute approximate surface area is 117 Å². The summed E-state index contributed by atoms with van der Waals surface area (Å²) in [6.07, 6.45) is 0.00900. The maximum atomic E-state index is 5.59. The molecule has 1 aromatic heterocycles. The summed E-state index contributed by atoms with van der Waals surface area (Å²) in [5.74, 6) is 1.79. The average molecular weight is 275 g/mol. The third-order valence-electron chi connectivity index (χ3n) is 3.37. The van der Waals surface area contributed by atoms with Crippen LogP contribution >= 0.6 is 0 Å². The van der Waals surface area contributed by atoms with Crippen LogP contribution in [0.15, 0.2) is 28.8 Å². The van der Waals surface area contributed by atoms with Crippen LogP contribution in [0.3, 0.4) is 0 Å². The summed E-state index contributed by atoms with van der Waals surface area (Å²) in [6, 6.07) is 7.53. The molecule has 2 heterocycles. The molecule has 6 heteroatoms. The van der Waals surface area contributed by atoms with E-state index in [9.17, 15) is 0 Å². The smallest absolute Gasteiger partial charge is 0.246 e. The SMILES string of the molecule is COc1ccccc1-c1noc([C@H]2NCCO[C@@H]2C)n1. The van der Waals surface area contributed by atoms with E-state index in [4.69, 9.17) is 14.0 Å². The Morgan fingerprint density at radius 2 is 2.20 bits per heavy atom. The first kappa shape index (κ1) is 13.1. The fourth-order valence-electron chi connectivity index (χ4n) is 2.31. The van der Waals surface area contributed by atoms with Crippen molar-refractivity contribution in [2.24, 2.45) is 0 Å². The van der Waals surface area contributed by atoms with Crippen LogP contribution in [0.5, 0.6) is 5.75 Å². The van der Waals surface area contributed by atoms with Gasteiger partial charge in [-0.2, -0.15) is 4.98 Å². The Balaban J connectivity index is 1.90.